The predicted molar refractivity (Wildman–Crippen MR) is 79.4 cm³/mol. The lowest BCUT2D eigenvalue weighted by atomic mass is 10.3. The molecule has 0 spiro atoms. The maximum Gasteiger partial charge on any atom is 0.150 e. The van der Waals surface area contributed by atoms with Crippen LogP contribution in [0.1, 0.15) is 24.7 Å². The van der Waals surface area contributed by atoms with Crippen LogP contribution in [0.3, 0.4) is 0 Å². The van der Waals surface area contributed by atoms with E-state index in [9.17, 15) is 0 Å². The van der Waals surface area contributed by atoms with Gasteiger partial charge in [-0.3, -0.25) is 4.98 Å². The Morgan fingerprint density at radius 3 is 3.06 bits per heavy atom. The van der Waals surface area contributed by atoms with Gasteiger partial charge in [0.2, 0.25) is 0 Å². The Balaban J connectivity index is 1.92. The highest BCUT2D eigenvalue weighted by Gasteiger charge is 2.02. The number of nitrogens with one attached hydrogen (secondary N) is 1. The first-order valence-electron chi connectivity index (χ1n) is 6.01. The number of thiazole rings is 1. The van der Waals surface area contributed by atoms with Gasteiger partial charge in [-0.25, -0.2) is 4.98 Å². The monoisotopic (exact) mass is 279 g/mol. The summed E-state index contributed by atoms with van der Waals surface area (Å²) in [5.74, 6) is 0.870. The Kier molecular flexibility index (Phi) is 5.01. The van der Waals surface area contributed by atoms with Crippen LogP contribution in [-0.4, -0.2) is 16.5 Å². The standard InChI is InChI=1S/C13H17N3S2/c1-3-5-14-11-4-6-15-12(7-11)9-18-13-16-10(2)8-17-13/h4,6-8H,3,5,9H2,1-2H3,(H,14,15). The van der Waals surface area contributed by atoms with Crippen LogP contribution in [0.2, 0.25) is 0 Å². The molecule has 2 aromatic rings. The average Bonchev–Trinajstić information content (AvgIpc) is 2.80. The second-order valence-corrected chi connectivity index (χ2v) is 6.09. The molecule has 2 heterocycles. The highest BCUT2D eigenvalue weighted by Crippen LogP contribution is 2.25. The molecule has 0 aliphatic heterocycles. The van der Waals surface area contributed by atoms with Crippen molar-refractivity contribution in [2.45, 2.75) is 30.4 Å². The molecule has 2 rings (SSSR count). The van der Waals surface area contributed by atoms with Gasteiger partial charge >= 0.3 is 0 Å². The number of pyridine rings is 1. The molecule has 0 fully saturated rings. The molecule has 0 saturated carbocycles. The fourth-order valence-corrected chi connectivity index (χ4v) is 3.22. The molecule has 18 heavy (non-hydrogen) atoms. The normalized spacial score (nSPS) is 10.6. The van der Waals surface area contributed by atoms with Crippen molar-refractivity contribution in [3.8, 4) is 0 Å². The third kappa shape index (κ3) is 3.99. The van der Waals surface area contributed by atoms with E-state index in [0.717, 1.165) is 40.1 Å². The average molecular weight is 279 g/mol. The molecule has 0 radical (unpaired) electrons. The minimum atomic E-state index is 0.870. The summed E-state index contributed by atoms with van der Waals surface area (Å²) in [7, 11) is 0. The van der Waals surface area contributed by atoms with Gasteiger partial charge in [0.1, 0.15) is 4.34 Å². The van der Waals surface area contributed by atoms with Crippen molar-refractivity contribution in [3.05, 3.63) is 35.1 Å². The third-order valence-electron chi connectivity index (χ3n) is 2.34. The molecule has 5 heteroatoms. The van der Waals surface area contributed by atoms with Crippen molar-refractivity contribution < 1.29 is 0 Å². The maximum atomic E-state index is 4.44. The zero-order chi connectivity index (χ0) is 12.8. The van der Waals surface area contributed by atoms with Gasteiger partial charge < -0.3 is 5.32 Å². The molecule has 0 aliphatic carbocycles. The Morgan fingerprint density at radius 1 is 1.44 bits per heavy atom. The Labute approximate surface area is 116 Å². The Bertz CT molecular complexity index is 496. The quantitative estimate of drug-likeness (QED) is 0.812. The largest absolute Gasteiger partial charge is 0.385 e. The van der Waals surface area contributed by atoms with Crippen molar-refractivity contribution >= 4 is 28.8 Å². The van der Waals surface area contributed by atoms with Crippen LogP contribution in [0.15, 0.2) is 28.0 Å². The topological polar surface area (TPSA) is 37.8 Å². The van der Waals surface area contributed by atoms with Crippen molar-refractivity contribution in [1.82, 2.24) is 9.97 Å². The number of hydrogen-bond acceptors (Lipinski definition) is 5. The summed E-state index contributed by atoms with van der Waals surface area (Å²) in [4.78, 5) is 8.82. The van der Waals surface area contributed by atoms with Gasteiger partial charge in [-0.15, -0.1) is 11.3 Å². The predicted octanol–water partition coefficient (Wildman–Crippen LogP) is 3.96. The Hall–Kier alpha value is -1.07. The molecule has 2 aromatic heterocycles. The van der Waals surface area contributed by atoms with Gasteiger partial charge in [0.15, 0.2) is 0 Å². The van der Waals surface area contributed by atoms with Crippen LogP contribution < -0.4 is 5.32 Å². The van der Waals surface area contributed by atoms with Gasteiger partial charge in [0.05, 0.1) is 5.69 Å². The summed E-state index contributed by atoms with van der Waals surface area (Å²) in [5.41, 5.74) is 3.33. The molecule has 0 unspecified atom stereocenters. The number of hydrogen-bond donors (Lipinski definition) is 1. The molecule has 1 N–H and O–H groups in total. The summed E-state index contributed by atoms with van der Waals surface area (Å²) in [6.07, 6.45) is 2.99. The summed E-state index contributed by atoms with van der Waals surface area (Å²) in [6.45, 7) is 5.19. The van der Waals surface area contributed by atoms with E-state index in [1.54, 1.807) is 23.1 Å². The zero-order valence-corrected chi connectivity index (χ0v) is 12.3. The number of aryl methyl sites for hydroxylation is 1. The van der Waals surface area contributed by atoms with E-state index in [1.807, 2.05) is 19.2 Å². The van der Waals surface area contributed by atoms with E-state index >= 15 is 0 Å². The molecule has 0 amide bonds. The van der Waals surface area contributed by atoms with Crippen molar-refractivity contribution in [2.24, 2.45) is 0 Å². The number of rotatable bonds is 6. The van der Waals surface area contributed by atoms with Gasteiger partial charge in [0, 0.05) is 35.3 Å². The summed E-state index contributed by atoms with van der Waals surface area (Å²) in [5, 5.41) is 5.45. The minimum absolute atomic E-state index is 0.870. The lowest BCUT2D eigenvalue weighted by Gasteiger charge is -2.05. The van der Waals surface area contributed by atoms with Gasteiger partial charge in [-0.1, -0.05) is 18.7 Å². The van der Waals surface area contributed by atoms with E-state index < -0.39 is 0 Å². The lowest BCUT2D eigenvalue weighted by Crippen LogP contribution is -2.00. The van der Waals surface area contributed by atoms with Crippen LogP contribution in [0.5, 0.6) is 0 Å². The highest BCUT2D eigenvalue weighted by atomic mass is 32.2. The smallest absolute Gasteiger partial charge is 0.150 e. The molecular weight excluding hydrogens is 262 g/mol. The third-order valence-corrected chi connectivity index (χ3v) is 4.51. The molecule has 0 aliphatic rings. The fourth-order valence-electron chi connectivity index (χ4n) is 1.47. The van der Waals surface area contributed by atoms with Crippen LogP contribution in [0.25, 0.3) is 0 Å². The van der Waals surface area contributed by atoms with E-state index in [0.29, 0.717) is 0 Å². The number of nitrogens with zero attached hydrogens (tertiary/aromatic N) is 2. The lowest BCUT2D eigenvalue weighted by molar-refractivity contribution is 0.977. The first kappa shape index (κ1) is 13.4. The fraction of sp³-hybridized carbons (Fsp3) is 0.385. The van der Waals surface area contributed by atoms with Crippen LogP contribution in [0.4, 0.5) is 5.69 Å². The van der Waals surface area contributed by atoms with E-state index in [-0.39, 0.29) is 0 Å². The number of anilines is 1. The SMILES string of the molecule is CCCNc1ccnc(CSc2nc(C)cs2)c1. The van der Waals surface area contributed by atoms with Crippen molar-refractivity contribution in [1.29, 1.82) is 0 Å². The van der Waals surface area contributed by atoms with Crippen molar-refractivity contribution in [3.63, 3.8) is 0 Å². The summed E-state index contributed by atoms with van der Waals surface area (Å²) >= 11 is 3.44. The molecule has 0 aromatic carbocycles. The van der Waals surface area contributed by atoms with E-state index in [1.165, 1.54) is 0 Å². The van der Waals surface area contributed by atoms with E-state index in [4.69, 9.17) is 0 Å². The van der Waals surface area contributed by atoms with Crippen LogP contribution >= 0.6 is 23.1 Å². The molecular formula is C13H17N3S2. The Morgan fingerprint density at radius 2 is 2.33 bits per heavy atom. The number of aromatic nitrogens is 2. The zero-order valence-electron chi connectivity index (χ0n) is 10.6. The first-order valence-corrected chi connectivity index (χ1v) is 7.88. The van der Waals surface area contributed by atoms with Gasteiger partial charge in [-0.05, 0) is 25.5 Å². The molecule has 0 bridgehead atoms. The maximum absolute atomic E-state index is 4.44. The molecule has 96 valence electrons. The molecule has 0 saturated heterocycles. The molecule has 0 atom stereocenters. The first-order chi connectivity index (χ1) is 8.78. The highest BCUT2D eigenvalue weighted by molar-refractivity contribution is 8.00. The molecule has 3 nitrogen and oxygen atoms in total. The van der Waals surface area contributed by atoms with Gasteiger partial charge in [-0.2, -0.15) is 0 Å². The van der Waals surface area contributed by atoms with Gasteiger partial charge in [0.25, 0.3) is 0 Å². The summed E-state index contributed by atoms with van der Waals surface area (Å²) in [6, 6.07) is 4.13. The second kappa shape index (κ2) is 6.75. The summed E-state index contributed by atoms with van der Waals surface area (Å²) < 4.78 is 1.11. The van der Waals surface area contributed by atoms with Crippen LogP contribution in [-0.2, 0) is 5.75 Å². The number of thioether (sulfide) groups is 1. The van der Waals surface area contributed by atoms with E-state index in [2.05, 4.69) is 33.7 Å². The minimum Gasteiger partial charge on any atom is -0.385 e. The second-order valence-electron chi connectivity index (χ2n) is 4.01. The van der Waals surface area contributed by atoms with Crippen LogP contribution in [0, 0.1) is 6.92 Å². The van der Waals surface area contributed by atoms with Crippen molar-refractivity contribution in [2.75, 3.05) is 11.9 Å².